The largest absolute Gasteiger partial charge is 0.353 e. The molecule has 2 aromatic carbocycles. The number of hydrogen-bond donors (Lipinski definition) is 3. The normalized spacial score (nSPS) is 12.3. The molecule has 2 heterocycles. The van der Waals surface area contributed by atoms with E-state index in [9.17, 15) is 9.59 Å². The predicted octanol–water partition coefficient (Wildman–Crippen LogP) is 4.84. The Bertz CT molecular complexity index is 1210. The molecular weight excluding hydrogens is 449 g/mol. The Balaban J connectivity index is 1.56. The van der Waals surface area contributed by atoms with Gasteiger partial charge in [0.15, 0.2) is 0 Å². The molecule has 1 saturated heterocycles. The molecule has 0 unspecified atom stereocenters. The fraction of sp³-hybridized carbons (Fsp3) is 0.130. The summed E-state index contributed by atoms with van der Waals surface area (Å²) in [5, 5.41) is 14.4. The minimum atomic E-state index is -0.469. The van der Waals surface area contributed by atoms with Crippen LogP contribution in [0.25, 0.3) is 0 Å². The Kier molecular flexibility index (Phi) is 6.12. The Labute approximate surface area is 194 Å². The van der Waals surface area contributed by atoms with Gasteiger partial charge in [0.1, 0.15) is 11.7 Å². The first-order chi connectivity index (χ1) is 15.3. The van der Waals surface area contributed by atoms with Crippen LogP contribution in [0.2, 0.25) is 10.0 Å². The molecule has 1 aliphatic rings. The lowest BCUT2D eigenvalue weighted by atomic mass is 10.1. The zero-order chi connectivity index (χ0) is 22.8. The molecule has 7 nitrogen and oxygen atoms in total. The topological polar surface area (TPSA) is 98.0 Å². The van der Waals surface area contributed by atoms with E-state index in [1.165, 1.54) is 12.3 Å². The van der Waals surface area contributed by atoms with E-state index in [2.05, 4.69) is 15.6 Å². The van der Waals surface area contributed by atoms with Crippen molar-refractivity contribution in [2.24, 2.45) is 0 Å². The lowest BCUT2D eigenvalue weighted by molar-refractivity contribution is 0.102. The Morgan fingerprint density at radius 2 is 1.62 bits per heavy atom. The summed E-state index contributed by atoms with van der Waals surface area (Å²) in [5.74, 6) is -0.0825. The molecule has 0 radical (unpaired) electrons. The van der Waals surface area contributed by atoms with Crippen LogP contribution >= 0.6 is 23.2 Å². The molecule has 1 aromatic heterocycles. The van der Waals surface area contributed by atoms with E-state index in [0.717, 1.165) is 18.7 Å². The zero-order valence-corrected chi connectivity index (χ0v) is 18.6. The van der Waals surface area contributed by atoms with Crippen molar-refractivity contribution in [2.75, 3.05) is 23.7 Å². The lowest BCUT2D eigenvalue weighted by Crippen LogP contribution is -2.20. The third kappa shape index (κ3) is 4.90. The summed E-state index contributed by atoms with van der Waals surface area (Å²) in [6.07, 6.45) is 1.42. The second-order valence-corrected chi connectivity index (χ2v) is 8.20. The van der Waals surface area contributed by atoms with Gasteiger partial charge in [-0.05, 0) is 48.9 Å². The highest BCUT2D eigenvalue weighted by atomic mass is 35.5. The maximum Gasteiger partial charge on any atom is 0.258 e. The molecule has 1 fully saturated rings. The second kappa shape index (κ2) is 8.98. The number of aryl methyl sites for hydroxylation is 1. The van der Waals surface area contributed by atoms with Crippen LogP contribution in [0.5, 0.6) is 0 Å². The lowest BCUT2D eigenvalue weighted by Gasteiger charge is -2.15. The van der Waals surface area contributed by atoms with Crippen molar-refractivity contribution in [3.05, 3.63) is 87.0 Å². The predicted molar refractivity (Wildman–Crippen MR) is 126 cm³/mol. The van der Waals surface area contributed by atoms with Crippen molar-refractivity contribution in [1.29, 1.82) is 5.41 Å². The molecule has 4 rings (SSSR count). The number of amidine groups is 1. The number of halogens is 2. The van der Waals surface area contributed by atoms with E-state index in [4.69, 9.17) is 28.6 Å². The monoisotopic (exact) mass is 467 g/mol. The van der Waals surface area contributed by atoms with Crippen molar-refractivity contribution in [3.8, 4) is 0 Å². The van der Waals surface area contributed by atoms with Crippen molar-refractivity contribution in [2.45, 2.75) is 6.92 Å². The molecule has 3 aromatic rings. The molecule has 1 aliphatic heterocycles. The second-order valence-electron chi connectivity index (χ2n) is 7.33. The number of nitrogens with one attached hydrogen (secondary N) is 3. The van der Waals surface area contributed by atoms with Gasteiger partial charge in [-0.2, -0.15) is 0 Å². The van der Waals surface area contributed by atoms with Gasteiger partial charge in [-0.25, -0.2) is 4.98 Å². The molecule has 32 heavy (non-hydrogen) atoms. The van der Waals surface area contributed by atoms with Gasteiger partial charge in [-0.3, -0.25) is 15.0 Å². The summed E-state index contributed by atoms with van der Waals surface area (Å²) in [6.45, 7) is 3.52. The summed E-state index contributed by atoms with van der Waals surface area (Å²) >= 11 is 12.0. The minimum Gasteiger partial charge on any atom is -0.353 e. The highest BCUT2D eigenvalue weighted by Gasteiger charge is 2.22. The molecule has 3 N–H and O–H groups in total. The van der Waals surface area contributed by atoms with Crippen LogP contribution in [0, 0.1) is 12.3 Å². The highest BCUT2D eigenvalue weighted by Crippen LogP contribution is 2.27. The van der Waals surface area contributed by atoms with Crippen LogP contribution in [-0.4, -0.2) is 40.6 Å². The summed E-state index contributed by atoms with van der Waals surface area (Å²) in [5.41, 5.74) is 2.36. The molecular formula is C23H19Cl2N5O2. The van der Waals surface area contributed by atoms with Crippen molar-refractivity contribution in [3.63, 3.8) is 0 Å². The van der Waals surface area contributed by atoms with Crippen LogP contribution in [-0.2, 0) is 0 Å². The fourth-order valence-corrected chi connectivity index (χ4v) is 3.53. The molecule has 0 bridgehead atoms. The highest BCUT2D eigenvalue weighted by molar-refractivity contribution is 6.31. The number of carbonyl (C=O) groups excluding carboxylic acids is 2. The smallest absolute Gasteiger partial charge is 0.258 e. The van der Waals surface area contributed by atoms with Gasteiger partial charge in [0.2, 0.25) is 0 Å². The van der Waals surface area contributed by atoms with E-state index >= 15 is 0 Å². The number of benzene rings is 2. The van der Waals surface area contributed by atoms with Gasteiger partial charge in [-0.1, -0.05) is 35.3 Å². The van der Waals surface area contributed by atoms with Crippen molar-refractivity contribution in [1.82, 2.24) is 9.88 Å². The number of hydrogen-bond acceptors (Lipinski definition) is 4. The number of carbonyl (C=O) groups is 2. The Morgan fingerprint density at radius 3 is 2.25 bits per heavy atom. The maximum atomic E-state index is 12.9. The number of rotatable bonds is 5. The summed E-state index contributed by atoms with van der Waals surface area (Å²) < 4.78 is 0. The summed E-state index contributed by atoms with van der Waals surface area (Å²) in [6, 6.07) is 13.1. The van der Waals surface area contributed by atoms with Gasteiger partial charge in [0.05, 0.1) is 16.3 Å². The minimum absolute atomic E-state index is 0.208. The number of aromatic nitrogens is 1. The van der Waals surface area contributed by atoms with E-state index in [1.54, 1.807) is 49.4 Å². The van der Waals surface area contributed by atoms with Gasteiger partial charge in [0, 0.05) is 35.4 Å². The first kappa shape index (κ1) is 21.8. The zero-order valence-electron chi connectivity index (χ0n) is 17.1. The number of nitrogens with zero attached hydrogens (tertiary/aromatic N) is 2. The first-order valence-electron chi connectivity index (χ1n) is 9.80. The molecule has 0 saturated carbocycles. The summed E-state index contributed by atoms with van der Waals surface area (Å²) in [7, 11) is 0. The molecule has 0 atom stereocenters. The third-order valence-corrected chi connectivity index (χ3v) is 5.38. The standard InChI is InChI=1S/C23H19Cl2N5O2/c1-13-10-17(25)11-18(23(32)28-19-7-6-16(24)12-27-19)20(13)29-22(31)15-4-2-14(3-5-15)21(26)30-8-9-30/h2-7,10-12,26H,8-9H2,1H3,(H,29,31)(H,27,28,32). The first-order valence-corrected chi connectivity index (χ1v) is 10.6. The Morgan fingerprint density at radius 1 is 0.938 bits per heavy atom. The SMILES string of the molecule is Cc1cc(Cl)cc(C(=O)Nc2ccc(Cl)cn2)c1NC(=O)c1ccc(C(=N)N2CC2)cc1. The van der Waals surface area contributed by atoms with Crippen molar-refractivity contribution >= 4 is 52.4 Å². The van der Waals surface area contributed by atoms with E-state index < -0.39 is 5.91 Å². The molecule has 2 amide bonds. The summed E-state index contributed by atoms with van der Waals surface area (Å²) in [4.78, 5) is 31.8. The average molecular weight is 468 g/mol. The van der Waals surface area contributed by atoms with Crippen LogP contribution in [0.15, 0.2) is 54.7 Å². The Hall–Kier alpha value is -3.42. The molecule has 9 heteroatoms. The third-order valence-electron chi connectivity index (χ3n) is 4.94. The van der Waals surface area contributed by atoms with Gasteiger partial charge in [0.25, 0.3) is 11.8 Å². The number of pyridine rings is 1. The van der Waals surface area contributed by atoms with Crippen LogP contribution < -0.4 is 10.6 Å². The maximum absolute atomic E-state index is 12.9. The number of amides is 2. The van der Waals surface area contributed by atoms with Crippen LogP contribution in [0.3, 0.4) is 0 Å². The van der Waals surface area contributed by atoms with E-state index in [-0.39, 0.29) is 11.5 Å². The number of anilines is 2. The molecule has 162 valence electrons. The molecule has 0 spiro atoms. The van der Waals surface area contributed by atoms with Gasteiger partial charge < -0.3 is 15.5 Å². The molecule has 0 aliphatic carbocycles. The van der Waals surface area contributed by atoms with Crippen LogP contribution in [0.4, 0.5) is 11.5 Å². The fourth-order valence-electron chi connectivity index (χ4n) is 3.14. The quantitative estimate of drug-likeness (QED) is 0.284. The average Bonchev–Trinajstić information content (AvgIpc) is 3.62. The van der Waals surface area contributed by atoms with Crippen LogP contribution in [0.1, 0.15) is 31.8 Å². The van der Waals surface area contributed by atoms with E-state index in [0.29, 0.717) is 38.5 Å². The van der Waals surface area contributed by atoms with Gasteiger partial charge >= 0.3 is 0 Å². The van der Waals surface area contributed by atoms with Gasteiger partial charge in [-0.15, -0.1) is 0 Å². The van der Waals surface area contributed by atoms with Crippen molar-refractivity contribution < 1.29 is 9.59 Å². The van der Waals surface area contributed by atoms with E-state index in [1.807, 2.05) is 4.90 Å².